The molecule has 1 aliphatic carbocycles. The fourth-order valence-corrected chi connectivity index (χ4v) is 2.86. The van der Waals surface area contributed by atoms with Gasteiger partial charge in [0, 0.05) is 6.04 Å². The van der Waals surface area contributed by atoms with E-state index >= 15 is 0 Å². The molecule has 110 valence electrons. The highest BCUT2D eigenvalue weighted by Crippen LogP contribution is 2.23. The zero-order chi connectivity index (χ0) is 14.4. The van der Waals surface area contributed by atoms with Crippen LogP contribution in [-0.2, 0) is 11.2 Å². The summed E-state index contributed by atoms with van der Waals surface area (Å²) in [4.78, 5) is 12.0. The third kappa shape index (κ3) is 3.99. The number of ether oxygens (including phenoxy) is 1. The summed E-state index contributed by atoms with van der Waals surface area (Å²) in [5, 5.41) is 3.11. The van der Waals surface area contributed by atoms with Crippen molar-refractivity contribution in [1.29, 1.82) is 0 Å². The zero-order valence-corrected chi connectivity index (χ0v) is 12.5. The number of aryl methyl sites for hydroxylation is 1. The highest BCUT2D eigenvalue weighted by atomic mass is 16.5. The van der Waals surface area contributed by atoms with E-state index in [1.165, 1.54) is 19.3 Å². The number of carbonyl (C=O) groups excluding carboxylic acids is 1. The van der Waals surface area contributed by atoms with Crippen molar-refractivity contribution in [3.8, 4) is 5.75 Å². The molecule has 1 aliphatic rings. The highest BCUT2D eigenvalue weighted by molar-refractivity contribution is 5.77. The maximum absolute atomic E-state index is 12.0. The van der Waals surface area contributed by atoms with Gasteiger partial charge in [0.05, 0.1) is 0 Å². The third-order valence-electron chi connectivity index (χ3n) is 4.17. The molecule has 3 nitrogen and oxygen atoms in total. The summed E-state index contributed by atoms with van der Waals surface area (Å²) in [6.07, 6.45) is 5.73. The fraction of sp³-hybridized carbons (Fsp3) is 0.588. The van der Waals surface area contributed by atoms with Gasteiger partial charge in [-0.15, -0.1) is 0 Å². The number of hydrogen-bond donors (Lipinski definition) is 1. The molecule has 20 heavy (non-hydrogen) atoms. The lowest BCUT2D eigenvalue weighted by atomic mass is 9.86. The maximum Gasteiger partial charge on any atom is 0.258 e. The molecule has 0 heterocycles. The first-order valence-electron chi connectivity index (χ1n) is 7.70. The molecule has 2 unspecified atom stereocenters. The Balaban J connectivity index is 1.82. The van der Waals surface area contributed by atoms with Gasteiger partial charge in [-0.05, 0) is 36.8 Å². The summed E-state index contributed by atoms with van der Waals surface area (Å²) >= 11 is 0. The number of carbonyl (C=O) groups is 1. The van der Waals surface area contributed by atoms with Crippen molar-refractivity contribution in [3.63, 3.8) is 0 Å². The number of amides is 1. The van der Waals surface area contributed by atoms with Crippen molar-refractivity contribution in [3.05, 3.63) is 29.8 Å². The van der Waals surface area contributed by atoms with Crippen LogP contribution in [0.15, 0.2) is 24.3 Å². The second-order valence-corrected chi connectivity index (χ2v) is 5.69. The molecule has 1 aromatic carbocycles. The monoisotopic (exact) mass is 275 g/mol. The Morgan fingerprint density at radius 2 is 2.05 bits per heavy atom. The van der Waals surface area contributed by atoms with E-state index in [4.69, 9.17) is 4.74 Å². The predicted octanol–water partition coefficient (Wildman–Crippen LogP) is 3.32. The number of rotatable bonds is 5. The molecular weight excluding hydrogens is 250 g/mol. The Kier molecular flexibility index (Phi) is 5.45. The van der Waals surface area contributed by atoms with Gasteiger partial charge in [0.1, 0.15) is 5.75 Å². The Morgan fingerprint density at radius 3 is 2.80 bits per heavy atom. The van der Waals surface area contributed by atoms with E-state index < -0.39 is 0 Å². The summed E-state index contributed by atoms with van der Waals surface area (Å²) < 4.78 is 5.65. The minimum atomic E-state index is -0.00495. The van der Waals surface area contributed by atoms with E-state index in [-0.39, 0.29) is 12.5 Å². The van der Waals surface area contributed by atoms with Crippen molar-refractivity contribution in [2.45, 2.75) is 52.0 Å². The summed E-state index contributed by atoms with van der Waals surface area (Å²) in [6.45, 7) is 4.42. The molecule has 0 bridgehead atoms. The van der Waals surface area contributed by atoms with Gasteiger partial charge in [-0.3, -0.25) is 4.79 Å². The Bertz CT molecular complexity index is 444. The molecule has 3 heteroatoms. The molecule has 0 saturated heterocycles. The van der Waals surface area contributed by atoms with E-state index in [1.807, 2.05) is 24.3 Å². The standard InChI is InChI=1S/C17H25NO2/c1-3-14-9-5-7-11-16(14)20-12-17(19)18-15-10-6-4-8-13(15)2/h5,7,9,11,13,15H,3-4,6,8,10,12H2,1-2H3,(H,18,19). The van der Waals surface area contributed by atoms with Crippen LogP contribution in [0.4, 0.5) is 0 Å². The van der Waals surface area contributed by atoms with Gasteiger partial charge in [-0.1, -0.05) is 44.9 Å². The molecule has 1 aromatic rings. The predicted molar refractivity (Wildman–Crippen MR) is 80.9 cm³/mol. The van der Waals surface area contributed by atoms with Crippen molar-refractivity contribution in [2.75, 3.05) is 6.61 Å². The van der Waals surface area contributed by atoms with Crippen LogP contribution in [0, 0.1) is 5.92 Å². The van der Waals surface area contributed by atoms with Gasteiger partial charge in [0.2, 0.25) is 0 Å². The van der Waals surface area contributed by atoms with E-state index in [9.17, 15) is 4.79 Å². The molecule has 0 radical (unpaired) electrons. The number of nitrogens with one attached hydrogen (secondary N) is 1. The van der Waals surface area contributed by atoms with Crippen LogP contribution < -0.4 is 10.1 Å². The van der Waals surface area contributed by atoms with Crippen LogP contribution in [0.5, 0.6) is 5.75 Å². The molecule has 1 saturated carbocycles. The largest absolute Gasteiger partial charge is 0.483 e. The minimum absolute atomic E-state index is 0.00495. The number of hydrogen-bond acceptors (Lipinski definition) is 2. The van der Waals surface area contributed by atoms with Crippen LogP contribution in [0.2, 0.25) is 0 Å². The lowest BCUT2D eigenvalue weighted by molar-refractivity contribution is -0.124. The Labute approximate surface area is 121 Å². The van der Waals surface area contributed by atoms with Gasteiger partial charge in [-0.25, -0.2) is 0 Å². The summed E-state index contributed by atoms with van der Waals surface area (Å²) in [5.74, 6) is 1.40. The van der Waals surface area contributed by atoms with E-state index in [2.05, 4.69) is 19.2 Å². The summed E-state index contributed by atoms with van der Waals surface area (Å²) in [6, 6.07) is 8.22. The molecule has 0 aromatic heterocycles. The average Bonchev–Trinajstić information content (AvgIpc) is 2.48. The van der Waals surface area contributed by atoms with Crippen LogP contribution in [0.3, 0.4) is 0 Å². The van der Waals surface area contributed by atoms with E-state index in [0.29, 0.717) is 12.0 Å². The topological polar surface area (TPSA) is 38.3 Å². The molecule has 1 fully saturated rings. The SMILES string of the molecule is CCc1ccccc1OCC(=O)NC1CCCCC1C. The Hall–Kier alpha value is -1.51. The van der Waals surface area contributed by atoms with Crippen LogP contribution in [0.1, 0.15) is 45.1 Å². The molecule has 2 rings (SSSR count). The van der Waals surface area contributed by atoms with Crippen molar-refractivity contribution in [2.24, 2.45) is 5.92 Å². The van der Waals surface area contributed by atoms with Crippen LogP contribution in [-0.4, -0.2) is 18.6 Å². The lowest BCUT2D eigenvalue weighted by Gasteiger charge is -2.29. The van der Waals surface area contributed by atoms with Gasteiger partial charge in [-0.2, -0.15) is 0 Å². The molecule has 0 aliphatic heterocycles. The van der Waals surface area contributed by atoms with Crippen molar-refractivity contribution >= 4 is 5.91 Å². The van der Waals surface area contributed by atoms with Gasteiger partial charge in [0.15, 0.2) is 6.61 Å². The molecule has 1 N–H and O–H groups in total. The number of para-hydroxylation sites is 1. The molecular formula is C17H25NO2. The van der Waals surface area contributed by atoms with E-state index in [1.54, 1.807) is 0 Å². The summed E-state index contributed by atoms with van der Waals surface area (Å²) in [5.41, 5.74) is 1.14. The van der Waals surface area contributed by atoms with Crippen LogP contribution in [0.25, 0.3) is 0 Å². The smallest absolute Gasteiger partial charge is 0.258 e. The molecule has 1 amide bonds. The van der Waals surface area contributed by atoms with Crippen molar-refractivity contribution in [1.82, 2.24) is 5.32 Å². The first-order chi connectivity index (χ1) is 9.70. The molecule has 2 atom stereocenters. The zero-order valence-electron chi connectivity index (χ0n) is 12.5. The second-order valence-electron chi connectivity index (χ2n) is 5.69. The quantitative estimate of drug-likeness (QED) is 0.895. The second kappa shape index (κ2) is 7.32. The van der Waals surface area contributed by atoms with E-state index in [0.717, 1.165) is 24.2 Å². The average molecular weight is 275 g/mol. The highest BCUT2D eigenvalue weighted by Gasteiger charge is 2.22. The summed E-state index contributed by atoms with van der Waals surface area (Å²) in [7, 11) is 0. The lowest BCUT2D eigenvalue weighted by Crippen LogP contribution is -2.43. The maximum atomic E-state index is 12.0. The Morgan fingerprint density at radius 1 is 1.30 bits per heavy atom. The normalized spacial score (nSPS) is 22.3. The van der Waals surface area contributed by atoms with Crippen molar-refractivity contribution < 1.29 is 9.53 Å². The number of benzene rings is 1. The van der Waals surface area contributed by atoms with Gasteiger partial charge >= 0.3 is 0 Å². The van der Waals surface area contributed by atoms with Gasteiger partial charge in [0.25, 0.3) is 5.91 Å². The van der Waals surface area contributed by atoms with Gasteiger partial charge < -0.3 is 10.1 Å². The third-order valence-corrected chi connectivity index (χ3v) is 4.17. The first-order valence-corrected chi connectivity index (χ1v) is 7.70. The first kappa shape index (κ1) is 14.9. The minimum Gasteiger partial charge on any atom is -0.483 e. The van der Waals surface area contributed by atoms with Crippen LogP contribution >= 0.6 is 0 Å². The fourth-order valence-electron chi connectivity index (χ4n) is 2.86. The molecule has 0 spiro atoms.